The van der Waals surface area contributed by atoms with Crippen molar-refractivity contribution in [1.82, 2.24) is 0 Å². The van der Waals surface area contributed by atoms with Gasteiger partial charge in [0, 0.05) is 26.9 Å². The minimum Gasteiger partial charge on any atom is -0.460 e. The summed E-state index contributed by atoms with van der Waals surface area (Å²) in [4.78, 5) is 13.7. The molecule has 0 radical (unpaired) electrons. The number of benzene rings is 1. The summed E-state index contributed by atoms with van der Waals surface area (Å²) >= 11 is 0. The van der Waals surface area contributed by atoms with Gasteiger partial charge in [0.25, 0.3) is 0 Å². The van der Waals surface area contributed by atoms with E-state index >= 15 is 0 Å². The van der Waals surface area contributed by atoms with Crippen molar-refractivity contribution < 1.29 is 14.3 Å². The van der Waals surface area contributed by atoms with Gasteiger partial charge in [-0.25, -0.2) is 4.79 Å². The summed E-state index contributed by atoms with van der Waals surface area (Å²) in [5, 5.41) is 0. The van der Waals surface area contributed by atoms with Crippen molar-refractivity contribution in [2.45, 2.75) is 0 Å². The second kappa shape index (κ2) is 6.10. The van der Waals surface area contributed by atoms with E-state index in [0.29, 0.717) is 17.9 Å². The van der Waals surface area contributed by atoms with E-state index in [1.165, 1.54) is 0 Å². The highest BCUT2D eigenvalue weighted by molar-refractivity contribution is 5.96. The third-order valence-corrected chi connectivity index (χ3v) is 2.24. The normalized spacial score (nSPS) is 10.1. The van der Waals surface area contributed by atoms with Crippen LogP contribution < -0.4 is 10.6 Å². The van der Waals surface area contributed by atoms with Crippen LogP contribution in [0.4, 0.5) is 11.4 Å². The molecule has 0 spiro atoms. The van der Waals surface area contributed by atoms with Gasteiger partial charge in [-0.1, -0.05) is 0 Å². The molecule has 1 aromatic rings. The number of methoxy groups -OCH3 is 1. The molecule has 0 aliphatic rings. The molecule has 1 aromatic carbocycles. The van der Waals surface area contributed by atoms with Crippen LogP contribution >= 0.6 is 0 Å². The molecular formula is C12H18N2O3. The summed E-state index contributed by atoms with van der Waals surface area (Å²) in [5.74, 6) is -0.391. The first-order valence-electron chi connectivity index (χ1n) is 5.29. The van der Waals surface area contributed by atoms with E-state index in [4.69, 9.17) is 15.2 Å². The monoisotopic (exact) mass is 238 g/mol. The van der Waals surface area contributed by atoms with Crippen molar-refractivity contribution in [2.24, 2.45) is 0 Å². The van der Waals surface area contributed by atoms with Gasteiger partial charge in [0.05, 0.1) is 17.9 Å². The van der Waals surface area contributed by atoms with E-state index in [1.54, 1.807) is 25.3 Å². The molecule has 0 amide bonds. The molecule has 0 aliphatic heterocycles. The molecule has 0 aliphatic carbocycles. The molecular weight excluding hydrogens is 220 g/mol. The van der Waals surface area contributed by atoms with Crippen molar-refractivity contribution in [3.8, 4) is 0 Å². The molecule has 0 unspecified atom stereocenters. The number of rotatable bonds is 5. The van der Waals surface area contributed by atoms with E-state index < -0.39 is 5.97 Å². The van der Waals surface area contributed by atoms with Gasteiger partial charge in [-0.15, -0.1) is 0 Å². The van der Waals surface area contributed by atoms with Crippen molar-refractivity contribution in [3.05, 3.63) is 23.8 Å². The van der Waals surface area contributed by atoms with E-state index in [2.05, 4.69) is 0 Å². The minimum absolute atomic E-state index is 0.233. The lowest BCUT2D eigenvalue weighted by atomic mass is 10.1. The number of nitrogens with zero attached hydrogens (tertiary/aromatic N) is 1. The van der Waals surface area contributed by atoms with E-state index in [1.807, 2.05) is 19.0 Å². The lowest BCUT2D eigenvalue weighted by Gasteiger charge is -2.17. The molecule has 17 heavy (non-hydrogen) atoms. The van der Waals surface area contributed by atoms with E-state index in [9.17, 15) is 4.79 Å². The van der Waals surface area contributed by atoms with Crippen LogP contribution in [0, 0.1) is 0 Å². The molecule has 5 nitrogen and oxygen atoms in total. The lowest BCUT2D eigenvalue weighted by Crippen LogP contribution is -2.17. The third kappa shape index (κ3) is 3.64. The van der Waals surface area contributed by atoms with Crippen LogP contribution in [-0.4, -0.2) is 40.4 Å². The van der Waals surface area contributed by atoms with Crippen LogP contribution in [0.15, 0.2) is 18.2 Å². The average Bonchev–Trinajstić information content (AvgIpc) is 2.28. The molecule has 0 saturated heterocycles. The zero-order valence-corrected chi connectivity index (χ0v) is 10.4. The van der Waals surface area contributed by atoms with Gasteiger partial charge in [0.15, 0.2) is 0 Å². The molecule has 1 rings (SSSR count). The largest absolute Gasteiger partial charge is 0.460 e. The number of hydrogen-bond acceptors (Lipinski definition) is 5. The zero-order valence-electron chi connectivity index (χ0n) is 10.4. The van der Waals surface area contributed by atoms with Crippen molar-refractivity contribution >= 4 is 17.3 Å². The number of ether oxygens (including phenoxy) is 2. The SMILES string of the molecule is COCCOC(=O)c1cc(N)ccc1N(C)C. The van der Waals surface area contributed by atoms with Crippen LogP contribution in [-0.2, 0) is 9.47 Å². The fourth-order valence-corrected chi connectivity index (χ4v) is 1.40. The molecule has 0 heterocycles. The standard InChI is InChI=1S/C12H18N2O3/c1-14(2)11-5-4-9(13)8-10(11)12(15)17-7-6-16-3/h4-5,8H,6-7,13H2,1-3H3. The smallest absolute Gasteiger partial charge is 0.340 e. The number of carbonyl (C=O) groups excluding carboxylic acids is 1. The van der Waals surface area contributed by atoms with Gasteiger partial charge in [0.1, 0.15) is 6.61 Å². The van der Waals surface area contributed by atoms with Gasteiger partial charge < -0.3 is 20.1 Å². The van der Waals surface area contributed by atoms with Crippen LogP contribution in [0.3, 0.4) is 0 Å². The maximum Gasteiger partial charge on any atom is 0.340 e. The highest BCUT2D eigenvalue weighted by Gasteiger charge is 2.14. The number of anilines is 2. The molecule has 0 bridgehead atoms. The van der Waals surface area contributed by atoms with Gasteiger partial charge in [-0.05, 0) is 18.2 Å². The molecule has 2 N–H and O–H groups in total. The van der Waals surface area contributed by atoms with Crippen LogP contribution in [0.2, 0.25) is 0 Å². The molecule has 0 saturated carbocycles. The molecule has 94 valence electrons. The van der Waals surface area contributed by atoms with Crippen LogP contribution in [0.5, 0.6) is 0 Å². The Morgan fingerprint density at radius 3 is 2.65 bits per heavy atom. The second-order valence-electron chi connectivity index (χ2n) is 3.80. The lowest BCUT2D eigenvalue weighted by molar-refractivity contribution is 0.0389. The summed E-state index contributed by atoms with van der Waals surface area (Å²) in [6.45, 7) is 0.613. The van der Waals surface area contributed by atoms with Gasteiger partial charge in [-0.2, -0.15) is 0 Å². The van der Waals surface area contributed by atoms with Crippen molar-refractivity contribution in [3.63, 3.8) is 0 Å². The third-order valence-electron chi connectivity index (χ3n) is 2.24. The fraction of sp³-hybridized carbons (Fsp3) is 0.417. The Kier molecular flexibility index (Phi) is 4.78. The number of hydrogen-bond donors (Lipinski definition) is 1. The zero-order chi connectivity index (χ0) is 12.8. The maximum atomic E-state index is 11.8. The summed E-state index contributed by atoms with van der Waals surface area (Å²) in [6.07, 6.45) is 0. The predicted octanol–water partition coefficient (Wildman–Crippen LogP) is 1.14. The van der Waals surface area contributed by atoms with Gasteiger partial charge >= 0.3 is 5.97 Å². The number of esters is 1. The van der Waals surface area contributed by atoms with Crippen molar-refractivity contribution in [2.75, 3.05) is 45.1 Å². The Morgan fingerprint density at radius 2 is 2.06 bits per heavy atom. The summed E-state index contributed by atoms with van der Waals surface area (Å²) in [5.41, 5.74) is 7.45. The number of nitrogens with two attached hydrogens (primary N) is 1. The van der Waals surface area contributed by atoms with Gasteiger partial charge in [-0.3, -0.25) is 0 Å². The Balaban J connectivity index is 2.87. The Labute approximate surface area is 101 Å². The van der Waals surface area contributed by atoms with Gasteiger partial charge in [0.2, 0.25) is 0 Å². The van der Waals surface area contributed by atoms with Crippen LogP contribution in [0.25, 0.3) is 0 Å². The Hall–Kier alpha value is -1.75. The number of nitrogen functional groups attached to an aromatic ring is 1. The fourth-order valence-electron chi connectivity index (χ4n) is 1.40. The molecule has 5 heteroatoms. The molecule has 0 aromatic heterocycles. The second-order valence-corrected chi connectivity index (χ2v) is 3.80. The minimum atomic E-state index is -0.391. The highest BCUT2D eigenvalue weighted by atomic mass is 16.6. The molecule has 0 fully saturated rings. The first-order valence-corrected chi connectivity index (χ1v) is 5.29. The van der Waals surface area contributed by atoms with E-state index in [0.717, 1.165) is 5.69 Å². The Morgan fingerprint density at radius 1 is 1.35 bits per heavy atom. The predicted molar refractivity (Wildman–Crippen MR) is 67.3 cm³/mol. The van der Waals surface area contributed by atoms with Crippen LogP contribution in [0.1, 0.15) is 10.4 Å². The summed E-state index contributed by atoms with van der Waals surface area (Å²) in [7, 11) is 5.27. The molecule has 0 atom stereocenters. The summed E-state index contributed by atoms with van der Waals surface area (Å²) < 4.78 is 9.89. The highest BCUT2D eigenvalue weighted by Crippen LogP contribution is 2.22. The number of carbonyl (C=O) groups is 1. The first-order chi connectivity index (χ1) is 8.06. The van der Waals surface area contributed by atoms with E-state index in [-0.39, 0.29) is 6.61 Å². The topological polar surface area (TPSA) is 64.8 Å². The first kappa shape index (κ1) is 13.3. The average molecular weight is 238 g/mol. The Bertz CT molecular complexity index is 391. The summed E-state index contributed by atoms with van der Waals surface area (Å²) in [6, 6.07) is 5.16. The quantitative estimate of drug-likeness (QED) is 0.473. The van der Waals surface area contributed by atoms with Crippen molar-refractivity contribution in [1.29, 1.82) is 0 Å². The maximum absolute atomic E-state index is 11.8.